The average molecular weight is 279 g/mol. The van der Waals surface area contributed by atoms with E-state index in [4.69, 9.17) is 5.73 Å². The van der Waals surface area contributed by atoms with Crippen molar-refractivity contribution in [3.8, 4) is 0 Å². The minimum Gasteiger partial charge on any atom is -0.384 e. The van der Waals surface area contributed by atoms with Gasteiger partial charge < -0.3 is 11.1 Å². The van der Waals surface area contributed by atoms with Crippen LogP contribution in [0.4, 0.5) is 17.3 Å². The van der Waals surface area contributed by atoms with Crippen molar-refractivity contribution < 1.29 is 0 Å². The van der Waals surface area contributed by atoms with Crippen molar-refractivity contribution in [3.63, 3.8) is 0 Å². The van der Waals surface area contributed by atoms with Crippen LogP contribution in [-0.2, 0) is 0 Å². The lowest BCUT2D eigenvalue weighted by Gasteiger charge is -2.08. The molecule has 0 radical (unpaired) electrons. The Morgan fingerprint density at radius 1 is 1.25 bits per heavy atom. The molecule has 16 heavy (non-hydrogen) atoms. The first kappa shape index (κ1) is 10.9. The highest BCUT2D eigenvalue weighted by molar-refractivity contribution is 9.10. The summed E-state index contributed by atoms with van der Waals surface area (Å²) in [5, 5.41) is 3.16. The SMILES string of the molecule is Cc1ccc(Nc2cc(N)ncn2)c(Br)c1. The number of nitrogens with one attached hydrogen (secondary N) is 1. The van der Waals surface area contributed by atoms with E-state index in [9.17, 15) is 0 Å². The summed E-state index contributed by atoms with van der Waals surface area (Å²) >= 11 is 3.49. The van der Waals surface area contributed by atoms with Crippen LogP contribution in [0.1, 0.15) is 5.56 Å². The summed E-state index contributed by atoms with van der Waals surface area (Å²) in [7, 11) is 0. The van der Waals surface area contributed by atoms with E-state index in [0.717, 1.165) is 10.2 Å². The van der Waals surface area contributed by atoms with Crippen LogP contribution in [0.5, 0.6) is 0 Å². The van der Waals surface area contributed by atoms with Crippen molar-refractivity contribution in [3.05, 3.63) is 40.6 Å². The maximum atomic E-state index is 5.57. The number of nitrogen functional groups attached to an aromatic ring is 1. The summed E-state index contributed by atoms with van der Waals surface area (Å²) in [5.41, 5.74) is 7.71. The number of benzene rings is 1. The molecule has 0 saturated heterocycles. The molecule has 1 aromatic heterocycles. The fourth-order valence-electron chi connectivity index (χ4n) is 1.30. The molecule has 0 fully saturated rings. The highest BCUT2D eigenvalue weighted by Gasteiger charge is 2.01. The van der Waals surface area contributed by atoms with E-state index in [2.05, 4.69) is 31.2 Å². The topological polar surface area (TPSA) is 63.8 Å². The van der Waals surface area contributed by atoms with Gasteiger partial charge in [-0.15, -0.1) is 0 Å². The van der Waals surface area contributed by atoms with E-state index in [0.29, 0.717) is 11.6 Å². The third-order valence-corrected chi connectivity index (χ3v) is 2.73. The van der Waals surface area contributed by atoms with Gasteiger partial charge in [0, 0.05) is 10.5 Å². The van der Waals surface area contributed by atoms with Gasteiger partial charge in [0.1, 0.15) is 18.0 Å². The molecule has 3 N–H and O–H groups in total. The molecule has 0 aliphatic heterocycles. The smallest absolute Gasteiger partial charge is 0.135 e. The largest absolute Gasteiger partial charge is 0.384 e. The average Bonchev–Trinajstić information content (AvgIpc) is 2.22. The Labute approximate surface area is 102 Å². The van der Waals surface area contributed by atoms with Crippen LogP contribution in [0, 0.1) is 6.92 Å². The molecule has 0 aliphatic rings. The first-order valence-electron chi connectivity index (χ1n) is 4.76. The molecule has 0 bridgehead atoms. The lowest BCUT2D eigenvalue weighted by atomic mass is 10.2. The zero-order chi connectivity index (χ0) is 11.5. The Hall–Kier alpha value is -1.62. The van der Waals surface area contributed by atoms with E-state index in [1.807, 2.05) is 25.1 Å². The molecule has 1 aromatic carbocycles. The molecule has 2 rings (SSSR count). The first-order valence-corrected chi connectivity index (χ1v) is 5.55. The van der Waals surface area contributed by atoms with E-state index >= 15 is 0 Å². The first-order chi connectivity index (χ1) is 7.65. The van der Waals surface area contributed by atoms with Crippen molar-refractivity contribution in [2.24, 2.45) is 0 Å². The Morgan fingerprint density at radius 2 is 2.06 bits per heavy atom. The minimum atomic E-state index is 0.445. The van der Waals surface area contributed by atoms with Crippen molar-refractivity contribution in [1.29, 1.82) is 0 Å². The number of aryl methyl sites for hydroxylation is 1. The van der Waals surface area contributed by atoms with Gasteiger partial charge >= 0.3 is 0 Å². The van der Waals surface area contributed by atoms with Gasteiger partial charge in [-0.05, 0) is 40.5 Å². The fourth-order valence-corrected chi connectivity index (χ4v) is 1.89. The Morgan fingerprint density at radius 3 is 2.75 bits per heavy atom. The van der Waals surface area contributed by atoms with Crippen molar-refractivity contribution in [2.45, 2.75) is 6.92 Å². The number of anilines is 3. The molecule has 1 heterocycles. The Balaban J connectivity index is 2.27. The lowest BCUT2D eigenvalue weighted by molar-refractivity contribution is 1.17. The van der Waals surface area contributed by atoms with E-state index < -0.39 is 0 Å². The monoisotopic (exact) mass is 278 g/mol. The van der Waals surface area contributed by atoms with Crippen molar-refractivity contribution >= 4 is 33.3 Å². The summed E-state index contributed by atoms with van der Waals surface area (Å²) in [6.07, 6.45) is 1.43. The number of aromatic nitrogens is 2. The molecule has 0 amide bonds. The summed E-state index contributed by atoms with van der Waals surface area (Å²) < 4.78 is 0.990. The second kappa shape index (κ2) is 4.49. The van der Waals surface area contributed by atoms with Crippen LogP contribution >= 0.6 is 15.9 Å². The van der Waals surface area contributed by atoms with E-state index in [1.54, 1.807) is 6.07 Å². The van der Waals surface area contributed by atoms with Crippen LogP contribution in [0.15, 0.2) is 35.1 Å². The Bertz CT molecular complexity index is 513. The predicted molar refractivity (Wildman–Crippen MR) is 68.6 cm³/mol. The molecular formula is C11H11BrN4. The van der Waals surface area contributed by atoms with Crippen LogP contribution < -0.4 is 11.1 Å². The molecule has 2 aromatic rings. The van der Waals surface area contributed by atoms with E-state index in [1.165, 1.54) is 11.9 Å². The number of halogens is 1. The number of rotatable bonds is 2. The third-order valence-electron chi connectivity index (χ3n) is 2.08. The predicted octanol–water partition coefficient (Wildman–Crippen LogP) is 2.87. The third kappa shape index (κ3) is 2.49. The van der Waals surface area contributed by atoms with Crippen molar-refractivity contribution in [2.75, 3.05) is 11.1 Å². The maximum Gasteiger partial charge on any atom is 0.135 e. The van der Waals surface area contributed by atoms with E-state index in [-0.39, 0.29) is 0 Å². The van der Waals surface area contributed by atoms with Crippen LogP contribution in [0.25, 0.3) is 0 Å². The zero-order valence-electron chi connectivity index (χ0n) is 8.74. The summed E-state index contributed by atoms with van der Waals surface area (Å²) in [6, 6.07) is 7.73. The lowest BCUT2D eigenvalue weighted by Crippen LogP contribution is -1.97. The summed E-state index contributed by atoms with van der Waals surface area (Å²) in [5.74, 6) is 1.12. The highest BCUT2D eigenvalue weighted by Crippen LogP contribution is 2.26. The summed E-state index contributed by atoms with van der Waals surface area (Å²) in [4.78, 5) is 7.91. The van der Waals surface area contributed by atoms with Crippen LogP contribution in [0.2, 0.25) is 0 Å². The van der Waals surface area contributed by atoms with Gasteiger partial charge in [-0.1, -0.05) is 6.07 Å². The van der Waals surface area contributed by atoms with Crippen LogP contribution in [-0.4, -0.2) is 9.97 Å². The number of nitrogens with zero attached hydrogens (tertiary/aromatic N) is 2. The van der Waals surface area contributed by atoms with Crippen molar-refractivity contribution in [1.82, 2.24) is 9.97 Å². The van der Waals surface area contributed by atoms with Gasteiger partial charge in [0.2, 0.25) is 0 Å². The van der Waals surface area contributed by atoms with Gasteiger partial charge in [-0.2, -0.15) is 0 Å². The van der Waals surface area contributed by atoms with Gasteiger partial charge in [0.25, 0.3) is 0 Å². The normalized spacial score (nSPS) is 10.1. The molecule has 0 unspecified atom stereocenters. The second-order valence-electron chi connectivity index (χ2n) is 3.44. The fraction of sp³-hybridized carbons (Fsp3) is 0.0909. The molecule has 0 spiro atoms. The molecule has 0 saturated carbocycles. The number of nitrogens with two attached hydrogens (primary N) is 1. The molecule has 82 valence electrons. The number of hydrogen-bond donors (Lipinski definition) is 2. The zero-order valence-corrected chi connectivity index (χ0v) is 10.3. The second-order valence-corrected chi connectivity index (χ2v) is 4.29. The molecule has 0 atom stereocenters. The Kier molecular flexibility index (Phi) is 3.05. The van der Waals surface area contributed by atoms with Gasteiger partial charge in [-0.25, -0.2) is 9.97 Å². The van der Waals surface area contributed by atoms with Gasteiger partial charge in [0.05, 0.1) is 5.69 Å². The molecule has 4 nitrogen and oxygen atoms in total. The molecular weight excluding hydrogens is 268 g/mol. The maximum absolute atomic E-state index is 5.57. The van der Waals surface area contributed by atoms with Crippen LogP contribution in [0.3, 0.4) is 0 Å². The summed E-state index contributed by atoms with van der Waals surface area (Å²) in [6.45, 7) is 2.04. The molecule has 0 aliphatic carbocycles. The highest BCUT2D eigenvalue weighted by atomic mass is 79.9. The van der Waals surface area contributed by atoms with Gasteiger partial charge in [0.15, 0.2) is 0 Å². The molecule has 5 heteroatoms. The van der Waals surface area contributed by atoms with Gasteiger partial charge in [-0.3, -0.25) is 0 Å². The standard InChI is InChI=1S/C11H11BrN4/c1-7-2-3-9(8(12)4-7)16-11-5-10(13)14-6-15-11/h2-6H,1H3,(H3,13,14,15,16). The number of hydrogen-bond acceptors (Lipinski definition) is 4. The minimum absolute atomic E-state index is 0.445. The quantitative estimate of drug-likeness (QED) is 0.887.